The van der Waals surface area contributed by atoms with E-state index in [2.05, 4.69) is 45.0 Å². The fraction of sp³-hybridized carbons (Fsp3) is 0.368. The van der Waals surface area contributed by atoms with Crippen LogP contribution in [-0.4, -0.2) is 0 Å². The third kappa shape index (κ3) is 3.38. The van der Waals surface area contributed by atoms with Gasteiger partial charge in [0.05, 0.1) is 0 Å². The molecule has 0 fully saturated rings. The van der Waals surface area contributed by atoms with Gasteiger partial charge in [-0.2, -0.15) is 0 Å². The van der Waals surface area contributed by atoms with Crippen molar-refractivity contribution in [3.63, 3.8) is 0 Å². The average molecular weight is 282 g/mol. The standard InChI is InChI=1S/C19H26N2/c1-4-15-10-13(7-8-18(15)20)9-14-11-16(5-2)19(21)17(6-3)12-14/h7-8,10-12H,4-6,9,20-21H2,1-3H3. The van der Waals surface area contributed by atoms with E-state index in [-0.39, 0.29) is 0 Å². The molecule has 0 aliphatic rings. The summed E-state index contributed by atoms with van der Waals surface area (Å²) in [6, 6.07) is 10.9. The first-order valence-corrected chi connectivity index (χ1v) is 7.86. The lowest BCUT2D eigenvalue weighted by molar-refractivity contribution is 1.06. The molecule has 2 heteroatoms. The zero-order valence-corrected chi connectivity index (χ0v) is 13.4. The molecule has 0 spiro atoms. The monoisotopic (exact) mass is 282 g/mol. The average Bonchev–Trinajstić information content (AvgIpc) is 2.50. The number of anilines is 2. The van der Waals surface area contributed by atoms with E-state index in [0.29, 0.717) is 0 Å². The maximum absolute atomic E-state index is 6.22. The molecule has 21 heavy (non-hydrogen) atoms. The van der Waals surface area contributed by atoms with Gasteiger partial charge in [-0.25, -0.2) is 0 Å². The third-order valence-electron chi connectivity index (χ3n) is 4.17. The molecule has 2 aromatic rings. The van der Waals surface area contributed by atoms with Crippen molar-refractivity contribution in [3.05, 3.63) is 58.1 Å². The van der Waals surface area contributed by atoms with E-state index in [1.54, 1.807) is 0 Å². The molecule has 112 valence electrons. The van der Waals surface area contributed by atoms with Crippen LogP contribution in [0.3, 0.4) is 0 Å². The van der Waals surface area contributed by atoms with Gasteiger partial charge in [-0.15, -0.1) is 0 Å². The Hall–Kier alpha value is -1.96. The van der Waals surface area contributed by atoms with Gasteiger partial charge in [0.1, 0.15) is 0 Å². The highest BCUT2D eigenvalue weighted by Gasteiger charge is 2.07. The summed E-state index contributed by atoms with van der Waals surface area (Å²) in [5, 5.41) is 0. The lowest BCUT2D eigenvalue weighted by atomic mass is 9.95. The maximum atomic E-state index is 6.22. The second kappa shape index (κ2) is 6.66. The second-order valence-electron chi connectivity index (χ2n) is 5.60. The molecule has 0 aliphatic heterocycles. The quantitative estimate of drug-likeness (QED) is 0.810. The summed E-state index contributed by atoms with van der Waals surface area (Å²) in [5.41, 5.74) is 20.5. The second-order valence-corrected chi connectivity index (χ2v) is 5.60. The Labute approximate surface area is 128 Å². The van der Waals surface area contributed by atoms with E-state index in [9.17, 15) is 0 Å². The summed E-state index contributed by atoms with van der Waals surface area (Å²) in [5.74, 6) is 0. The molecule has 0 saturated heterocycles. The van der Waals surface area contributed by atoms with Crippen molar-refractivity contribution < 1.29 is 0 Å². The zero-order chi connectivity index (χ0) is 15.4. The van der Waals surface area contributed by atoms with Gasteiger partial charge in [-0.3, -0.25) is 0 Å². The van der Waals surface area contributed by atoms with E-state index in [1.807, 2.05) is 6.07 Å². The predicted octanol–water partition coefficient (Wildman–Crippen LogP) is 4.13. The van der Waals surface area contributed by atoms with Crippen molar-refractivity contribution in [2.24, 2.45) is 0 Å². The van der Waals surface area contributed by atoms with Crippen LogP contribution in [0.5, 0.6) is 0 Å². The van der Waals surface area contributed by atoms with Crippen molar-refractivity contribution in [1.29, 1.82) is 0 Å². The van der Waals surface area contributed by atoms with Gasteiger partial charge in [0.2, 0.25) is 0 Å². The molecule has 0 aliphatic carbocycles. The fourth-order valence-corrected chi connectivity index (χ4v) is 2.85. The van der Waals surface area contributed by atoms with Gasteiger partial charge in [-0.1, -0.05) is 45.0 Å². The molecule has 0 radical (unpaired) electrons. The van der Waals surface area contributed by atoms with Crippen LogP contribution in [0, 0.1) is 0 Å². The molecule has 2 aromatic carbocycles. The molecular weight excluding hydrogens is 256 g/mol. The molecule has 0 amide bonds. The van der Waals surface area contributed by atoms with Gasteiger partial charge in [0, 0.05) is 11.4 Å². The van der Waals surface area contributed by atoms with E-state index in [4.69, 9.17) is 11.5 Å². The minimum Gasteiger partial charge on any atom is -0.399 e. The predicted molar refractivity (Wildman–Crippen MR) is 92.6 cm³/mol. The van der Waals surface area contributed by atoms with Crippen molar-refractivity contribution in [3.8, 4) is 0 Å². The molecule has 0 saturated carbocycles. The Morgan fingerprint density at radius 2 is 1.24 bits per heavy atom. The van der Waals surface area contributed by atoms with Crippen molar-refractivity contribution >= 4 is 11.4 Å². The first-order valence-electron chi connectivity index (χ1n) is 7.86. The highest BCUT2D eigenvalue weighted by atomic mass is 14.6. The summed E-state index contributed by atoms with van der Waals surface area (Å²) in [4.78, 5) is 0. The minimum absolute atomic E-state index is 0.891. The fourth-order valence-electron chi connectivity index (χ4n) is 2.85. The molecule has 0 bridgehead atoms. The summed E-state index contributed by atoms with van der Waals surface area (Å²) in [6.07, 6.45) is 3.87. The van der Waals surface area contributed by atoms with Crippen LogP contribution >= 0.6 is 0 Å². The molecule has 2 nitrogen and oxygen atoms in total. The summed E-state index contributed by atoms with van der Waals surface area (Å²) in [6.45, 7) is 6.46. The lowest BCUT2D eigenvalue weighted by Crippen LogP contribution is -2.02. The highest BCUT2D eigenvalue weighted by molar-refractivity contribution is 5.57. The molecule has 0 atom stereocenters. The molecule has 2 rings (SSSR count). The number of hydrogen-bond acceptors (Lipinski definition) is 2. The number of hydrogen-bond donors (Lipinski definition) is 2. The topological polar surface area (TPSA) is 52.0 Å². The Balaban J connectivity index is 2.35. The first-order chi connectivity index (χ1) is 10.1. The van der Waals surface area contributed by atoms with Crippen LogP contribution in [0.4, 0.5) is 11.4 Å². The third-order valence-corrected chi connectivity index (χ3v) is 4.17. The van der Waals surface area contributed by atoms with Crippen molar-refractivity contribution in [2.45, 2.75) is 46.5 Å². The lowest BCUT2D eigenvalue weighted by Gasteiger charge is -2.13. The highest BCUT2D eigenvalue weighted by Crippen LogP contribution is 2.24. The van der Waals surface area contributed by atoms with E-state index >= 15 is 0 Å². The smallest absolute Gasteiger partial charge is 0.0379 e. The summed E-state index contributed by atoms with van der Waals surface area (Å²) in [7, 11) is 0. The van der Waals surface area contributed by atoms with Gasteiger partial charge >= 0.3 is 0 Å². The maximum Gasteiger partial charge on any atom is 0.0379 e. The van der Waals surface area contributed by atoms with Gasteiger partial charge in [0.15, 0.2) is 0 Å². The first kappa shape index (κ1) is 15.4. The largest absolute Gasteiger partial charge is 0.399 e. The molecule has 4 N–H and O–H groups in total. The number of benzene rings is 2. The number of rotatable bonds is 5. The molecule has 0 aromatic heterocycles. The molecular formula is C19H26N2. The summed E-state index contributed by atoms with van der Waals surface area (Å²) >= 11 is 0. The molecule has 0 unspecified atom stereocenters. The van der Waals surface area contributed by atoms with E-state index < -0.39 is 0 Å². The van der Waals surface area contributed by atoms with E-state index in [0.717, 1.165) is 37.1 Å². The molecule has 0 heterocycles. The van der Waals surface area contributed by atoms with Crippen molar-refractivity contribution in [1.82, 2.24) is 0 Å². The van der Waals surface area contributed by atoms with Crippen LogP contribution in [0.2, 0.25) is 0 Å². The van der Waals surface area contributed by atoms with Crippen molar-refractivity contribution in [2.75, 3.05) is 11.5 Å². The van der Waals surface area contributed by atoms with Gasteiger partial charge in [0.25, 0.3) is 0 Å². The van der Waals surface area contributed by atoms with Gasteiger partial charge < -0.3 is 11.5 Å². The van der Waals surface area contributed by atoms with Crippen LogP contribution in [-0.2, 0) is 25.7 Å². The number of nitrogens with two attached hydrogens (primary N) is 2. The summed E-state index contributed by atoms with van der Waals surface area (Å²) < 4.78 is 0. The Kier molecular flexibility index (Phi) is 4.89. The zero-order valence-electron chi connectivity index (χ0n) is 13.4. The van der Waals surface area contributed by atoms with Crippen LogP contribution in [0.15, 0.2) is 30.3 Å². The van der Waals surface area contributed by atoms with Crippen LogP contribution in [0.1, 0.15) is 48.6 Å². The minimum atomic E-state index is 0.891. The van der Waals surface area contributed by atoms with Gasteiger partial charge in [-0.05, 0) is 59.6 Å². The van der Waals surface area contributed by atoms with E-state index in [1.165, 1.54) is 27.8 Å². The van der Waals surface area contributed by atoms with Crippen LogP contribution < -0.4 is 11.5 Å². The number of nitrogen functional groups attached to an aromatic ring is 2. The Morgan fingerprint density at radius 1 is 0.714 bits per heavy atom. The number of aryl methyl sites for hydroxylation is 3. The SMILES string of the molecule is CCc1cc(Cc2cc(CC)c(N)c(CC)c2)ccc1N. The van der Waals surface area contributed by atoms with Crippen LogP contribution in [0.25, 0.3) is 0 Å². The Bertz CT molecular complexity index is 604. The Morgan fingerprint density at radius 3 is 1.76 bits per heavy atom. The normalized spacial score (nSPS) is 10.8.